The molecule has 0 aromatic carbocycles. The quantitative estimate of drug-likeness (QED) is 0.643. The van der Waals surface area contributed by atoms with Crippen LogP contribution in [0.4, 0.5) is 5.82 Å². The van der Waals surface area contributed by atoms with Crippen molar-refractivity contribution < 1.29 is 0 Å². The van der Waals surface area contributed by atoms with Crippen molar-refractivity contribution in [2.24, 2.45) is 5.73 Å². The lowest BCUT2D eigenvalue weighted by atomic mass is 10.2. The summed E-state index contributed by atoms with van der Waals surface area (Å²) in [7, 11) is 0. The summed E-state index contributed by atoms with van der Waals surface area (Å²) < 4.78 is 0. The van der Waals surface area contributed by atoms with E-state index in [0.29, 0.717) is 5.56 Å². The molecule has 2 aromatic rings. The monoisotopic (exact) mass is 269 g/mol. The first-order chi connectivity index (χ1) is 9.60. The molecule has 2 aromatic heterocycles. The molecule has 0 aliphatic carbocycles. The lowest BCUT2D eigenvalue weighted by Gasteiger charge is -2.23. The number of nitrogens with two attached hydrogens (primary N) is 1. The zero-order valence-electron chi connectivity index (χ0n) is 11.8. The van der Waals surface area contributed by atoms with Gasteiger partial charge in [0.05, 0.1) is 0 Å². The van der Waals surface area contributed by atoms with E-state index in [1.165, 1.54) is 5.56 Å². The maximum absolute atomic E-state index is 7.57. The molecule has 0 fully saturated rings. The molecule has 0 atom stereocenters. The number of rotatable bonds is 5. The molecule has 104 valence electrons. The molecule has 5 nitrogen and oxygen atoms in total. The zero-order valence-corrected chi connectivity index (χ0v) is 11.8. The Kier molecular flexibility index (Phi) is 4.30. The summed E-state index contributed by atoms with van der Waals surface area (Å²) in [5.74, 6) is 0.909. The fourth-order valence-electron chi connectivity index (χ4n) is 2.03. The van der Waals surface area contributed by atoms with Gasteiger partial charge in [0.2, 0.25) is 0 Å². The second-order valence-corrected chi connectivity index (χ2v) is 4.64. The van der Waals surface area contributed by atoms with Crippen molar-refractivity contribution in [2.45, 2.75) is 20.4 Å². The molecule has 0 aliphatic heterocycles. The van der Waals surface area contributed by atoms with Crippen LogP contribution in [-0.4, -0.2) is 22.3 Å². The number of nitrogens with zero attached hydrogens (tertiary/aromatic N) is 3. The summed E-state index contributed by atoms with van der Waals surface area (Å²) in [4.78, 5) is 10.7. The van der Waals surface area contributed by atoms with Gasteiger partial charge in [0, 0.05) is 36.7 Å². The van der Waals surface area contributed by atoms with Crippen molar-refractivity contribution in [3.8, 4) is 0 Å². The van der Waals surface area contributed by atoms with Crippen molar-refractivity contribution in [3.05, 3.63) is 53.5 Å². The third-order valence-electron chi connectivity index (χ3n) is 3.08. The summed E-state index contributed by atoms with van der Waals surface area (Å²) in [5, 5.41) is 7.57. The fourth-order valence-corrected chi connectivity index (χ4v) is 2.03. The van der Waals surface area contributed by atoms with Crippen LogP contribution >= 0.6 is 0 Å². The van der Waals surface area contributed by atoms with Crippen molar-refractivity contribution in [3.63, 3.8) is 0 Å². The lowest BCUT2D eigenvalue weighted by molar-refractivity contribution is 0.809. The Labute approximate surface area is 119 Å². The van der Waals surface area contributed by atoms with Crippen molar-refractivity contribution in [1.82, 2.24) is 9.97 Å². The lowest BCUT2D eigenvalue weighted by Crippen LogP contribution is -2.24. The Morgan fingerprint density at radius 3 is 2.60 bits per heavy atom. The number of aryl methyl sites for hydroxylation is 1. The van der Waals surface area contributed by atoms with E-state index >= 15 is 0 Å². The molecule has 0 unspecified atom stereocenters. The molecule has 5 heteroatoms. The largest absolute Gasteiger partial charge is 0.384 e. The molecule has 0 spiro atoms. The maximum Gasteiger partial charge on any atom is 0.129 e. The molecule has 2 rings (SSSR count). The van der Waals surface area contributed by atoms with E-state index < -0.39 is 0 Å². The molecule has 0 saturated heterocycles. The van der Waals surface area contributed by atoms with Gasteiger partial charge in [-0.2, -0.15) is 0 Å². The minimum Gasteiger partial charge on any atom is -0.384 e. The summed E-state index contributed by atoms with van der Waals surface area (Å²) in [6, 6.07) is 7.67. The minimum atomic E-state index is 0.0664. The normalized spacial score (nSPS) is 10.3. The van der Waals surface area contributed by atoms with Gasteiger partial charge in [-0.05, 0) is 43.7 Å². The van der Waals surface area contributed by atoms with Crippen LogP contribution in [0.2, 0.25) is 0 Å². The molecule has 0 saturated carbocycles. The van der Waals surface area contributed by atoms with Gasteiger partial charge >= 0.3 is 0 Å². The Morgan fingerprint density at radius 2 is 2.00 bits per heavy atom. The van der Waals surface area contributed by atoms with E-state index in [-0.39, 0.29) is 5.84 Å². The predicted octanol–water partition coefficient (Wildman–Crippen LogP) is 2.10. The Balaban J connectivity index is 2.29. The van der Waals surface area contributed by atoms with Crippen LogP contribution < -0.4 is 10.6 Å². The van der Waals surface area contributed by atoms with Gasteiger partial charge in [0.1, 0.15) is 11.7 Å². The van der Waals surface area contributed by atoms with Crippen molar-refractivity contribution >= 4 is 11.7 Å². The first kappa shape index (κ1) is 14.0. The van der Waals surface area contributed by atoms with Gasteiger partial charge in [-0.1, -0.05) is 0 Å². The third-order valence-corrected chi connectivity index (χ3v) is 3.08. The summed E-state index contributed by atoms with van der Waals surface area (Å²) in [5.41, 5.74) is 8.32. The maximum atomic E-state index is 7.57. The molecule has 20 heavy (non-hydrogen) atoms. The number of pyridine rings is 2. The van der Waals surface area contributed by atoms with Gasteiger partial charge < -0.3 is 10.6 Å². The van der Waals surface area contributed by atoms with Crippen LogP contribution in [-0.2, 0) is 6.54 Å². The highest BCUT2D eigenvalue weighted by molar-refractivity contribution is 5.95. The van der Waals surface area contributed by atoms with E-state index in [1.54, 1.807) is 12.4 Å². The molecule has 0 aliphatic rings. The highest BCUT2D eigenvalue weighted by Crippen LogP contribution is 2.17. The average Bonchev–Trinajstić information content (AvgIpc) is 2.45. The Morgan fingerprint density at radius 1 is 1.30 bits per heavy atom. The van der Waals surface area contributed by atoms with Crippen LogP contribution in [0.15, 0.2) is 36.7 Å². The molecular weight excluding hydrogens is 250 g/mol. The van der Waals surface area contributed by atoms with E-state index in [1.807, 2.05) is 31.2 Å². The number of nitrogens with one attached hydrogen (secondary N) is 1. The molecule has 0 bridgehead atoms. The number of hydrogen-bond donors (Lipinski definition) is 2. The SMILES string of the molecule is CCN(Cc1ccncc1)c1cc(C(=N)N)cc(C)n1. The standard InChI is InChI=1S/C15H19N5/c1-3-20(10-12-4-6-18-7-5-12)14-9-13(15(16)17)8-11(2)19-14/h4-9H,3,10H2,1-2H3,(H3,16,17). The molecule has 2 heterocycles. The minimum absolute atomic E-state index is 0.0664. The predicted molar refractivity (Wildman–Crippen MR) is 81.0 cm³/mol. The third kappa shape index (κ3) is 3.32. The van der Waals surface area contributed by atoms with E-state index in [0.717, 1.165) is 24.6 Å². The molecule has 3 N–H and O–H groups in total. The van der Waals surface area contributed by atoms with Crippen LogP contribution in [0.1, 0.15) is 23.7 Å². The fraction of sp³-hybridized carbons (Fsp3) is 0.267. The number of amidine groups is 1. The van der Waals surface area contributed by atoms with Gasteiger partial charge in [0.25, 0.3) is 0 Å². The van der Waals surface area contributed by atoms with Crippen molar-refractivity contribution in [2.75, 3.05) is 11.4 Å². The number of aromatic nitrogens is 2. The number of hydrogen-bond acceptors (Lipinski definition) is 4. The van der Waals surface area contributed by atoms with Gasteiger partial charge in [0.15, 0.2) is 0 Å². The number of nitrogen functional groups attached to an aromatic ring is 1. The molecular formula is C15H19N5. The van der Waals surface area contributed by atoms with E-state index in [4.69, 9.17) is 11.1 Å². The first-order valence-corrected chi connectivity index (χ1v) is 6.57. The highest BCUT2D eigenvalue weighted by atomic mass is 15.2. The average molecular weight is 269 g/mol. The van der Waals surface area contributed by atoms with Crippen LogP contribution in [0.25, 0.3) is 0 Å². The Hall–Kier alpha value is -2.43. The van der Waals surface area contributed by atoms with Crippen molar-refractivity contribution in [1.29, 1.82) is 5.41 Å². The smallest absolute Gasteiger partial charge is 0.129 e. The second kappa shape index (κ2) is 6.14. The van der Waals surface area contributed by atoms with E-state index in [2.05, 4.69) is 21.8 Å². The van der Waals surface area contributed by atoms with Crippen LogP contribution in [0.5, 0.6) is 0 Å². The topological polar surface area (TPSA) is 78.9 Å². The van der Waals surface area contributed by atoms with Gasteiger partial charge in [-0.3, -0.25) is 10.4 Å². The van der Waals surface area contributed by atoms with Crippen LogP contribution in [0.3, 0.4) is 0 Å². The highest BCUT2D eigenvalue weighted by Gasteiger charge is 2.10. The van der Waals surface area contributed by atoms with Crippen LogP contribution in [0, 0.1) is 12.3 Å². The summed E-state index contributed by atoms with van der Waals surface area (Å²) >= 11 is 0. The Bertz CT molecular complexity index is 594. The summed E-state index contributed by atoms with van der Waals surface area (Å²) in [6.45, 7) is 5.58. The number of anilines is 1. The first-order valence-electron chi connectivity index (χ1n) is 6.57. The second-order valence-electron chi connectivity index (χ2n) is 4.64. The van der Waals surface area contributed by atoms with Gasteiger partial charge in [-0.15, -0.1) is 0 Å². The van der Waals surface area contributed by atoms with Gasteiger partial charge in [-0.25, -0.2) is 4.98 Å². The molecule has 0 amide bonds. The zero-order chi connectivity index (χ0) is 14.5. The summed E-state index contributed by atoms with van der Waals surface area (Å²) in [6.07, 6.45) is 3.57. The van der Waals surface area contributed by atoms with E-state index in [9.17, 15) is 0 Å². The molecule has 0 radical (unpaired) electrons.